The Kier molecular flexibility index (Phi) is 2.13. The van der Waals surface area contributed by atoms with Gasteiger partial charge in [-0.25, -0.2) is 4.52 Å². The summed E-state index contributed by atoms with van der Waals surface area (Å²) in [5.41, 5.74) is 1.09. The largest absolute Gasteiger partial charge is 0.330 e. The molecule has 0 aliphatic rings. The lowest BCUT2D eigenvalue weighted by Crippen LogP contribution is -2.28. The number of rotatable bonds is 2. The lowest BCUT2D eigenvalue weighted by Gasteiger charge is -1.89. The Labute approximate surface area is 77.4 Å². The minimum atomic E-state index is 0.812. The van der Waals surface area contributed by atoms with Crippen LogP contribution >= 0.6 is 0 Å². The number of aromatic nitrogens is 1. The van der Waals surface area contributed by atoms with Crippen LogP contribution in [0.25, 0.3) is 11.3 Å². The summed E-state index contributed by atoms with van der Waals surface area (Å²) in [6, 6.07) is 11.9. The van der Waals surface area contributed by atoms with Crippen molar-refractivity contribution in [3.63, 3.8) is 0 Å². The molecule has 2 rings (SSSR count). The normalized spacial score (nSPS) is 10.2. The van der Waals surface area contributed by atoms with Gasteiger partial charge in [-0.05, 0) is 11.7 Å². The van der Waals surface area contributed by atoms with E-state index >= 15 is 0 Å². The quantitative estimate of drug-likeness (QED) is 0.635. The average Bonchev–Trinajstić information content (AvgIpc) is 2.67. The van der Waals surface area contributed by atoms with Crippen molar-refractivity contribution in [2.24, 2.45) is 0 Å². The second kappa shape index (κ2) is 3.44. The maximum absolute atomic E-state index is 5.48. The zero-order valence-electron chi connectivity index (χ0n) is 7.53. The molecule has 0 saturated carbocycles. The second-order valence-corrected chi connectivity index (χ2v) is 2.79. The molecule has 2 aromatic rings. The van der Waals surface area contributed by atoms with Crippen LogP contribution in [-0.4, -0.2) is 0 Å². The molecule has 0 unspecified atom stereocenters. The van der Waals surface area contributed by atoms with Crippen LogP contribution in [0.1, 0.15) is 6.92 Å². The van der Waals surface area contributed by atoms with Gasteiger partial charge in [-0.3, -0.25) is 0 Å². The Bertz CT molecular complexity index is 378. The first kappa shape index (κ1) is 8.05. The highest BCUT2D eigenvalue weighted by molar-refractivity contribution is 5.55. The Balaban J connectivity index is 2.36. The van der Waals surface area contributed by atoms with Gasteiger partial charge in [-0.1, -0.05) is 30.3 Å². The molecule has 0 aliphatic heterocycles. The molecule has 1 heterocycles. The molecule has 1 aromatic heterocycles. The molecule has 1 radical (unpaired) electrons. The van der Waals surface area contributed by atoms with Crippen molar-refractivity contribution in [2.75, 3.05) is 0 Å². The van der Waals surface area contributed by atoms with Gasteiger partial charge in [0.05, 0.1) is 6.07 Å². The molecular weight excluding hydrogens is 162 g/mol. The van der Waals surface area contributed by atoms with Crippen LogP contribution < -0.4 is 4.74 Å². The van der Waals surface area contributed by atoms with Crippen LogP contribution in [0.5, 0.6) is 0 Å². The molecule has 13 heavy (non-hydrogen) atoms. The monoisotopic (exact) mass is 173 g/mol. The van der Waals surface area contributed by atoms with Gasteiger partial charge in [0.15, 0.2) is 6.54 Å². The fourth-order valence-corrected chi connectivity index (χ4v) is 1.20. The van der Waals surface area contributed by atoms with Crippen LogP contribution in [0.3, 0.4) is 0 Å². The van der Waals surface area contributed by atoms with Gasteiger partial charge in [0, 0.05) is 5.56 Å². The molecule has 0 fully saturated rings. The Morgan fingerprint density at radius 3 is 2.69 bits per heavy atom. The van der Waals surface area contributed by atoms with E-state index in [-0.39, 0.29) is 0 Å². The fraction of sp³-hybridized carbons (Fsp3) is 0.182. The van der Waals surface area contributed by atoms with Gasteiger partial charge in [0.2, 0.25) is 5.76 Å². The average molecular weight is 173 g/mol. The van der Waals surface area contributed by atoms with E-state index in [1.807, 2.05) is 43.3 Å². The van der Waals surface area contributed by atoms with Crippen molar-refractivity contribution in [2.45, 2.75) is 13.5 Å². The van der Waals surface area contributed by atoms with E-state index in [1.54, 1.807) is 4.74 Å². The summed E-state index contributed by atoms with van der Waals surface area (Å²) in [7, 11) is 0. The lowest BCUT2D eigenvalue weighted by molar-refractivity contribution is -0.863. The van der Waals surface area contributed by atoms with E-state index in [0.29, 0.717) is 0 Å². The van der Waals surface area contributed by atoms with Gasteiger partial charge in [0.1, 0.15) is 0 Å². The van der Waals surface area contributed by atoms with Crippen molar-refractivity contribution in [3.8, 4) is 11.3 Å². The van der Waals surface area contributed by atoms with E-state index in [4.69, 9.17) is 4.52 Å². The molecule has 0 amide bonds. The summed E-state index contributed by atoms with van der Waals surface area (Å²) >= 11 is 0. The molecule has 2 heteroatoms. The number of nitrogens with zero attached hydrogens (tertiary/aromatic N) is 1. The molecule has 65 valence electrons. The van der Waals surface area contributed by atoms with Crippen molar-refractivity contribution in [1.82, 2.24) is 0 Å². The first-order chi connectivity index (χ1) is 6.40. The summed E-state index contributed by atoms with van der Waals surface area (Å²) in [5.74, 6) is 0.863. The molecule has 2 nitrogen and oxygen atoms in total. The van der Waals surface area contributed by atoms with Crippen molar-refractivity contribution < 1.29 is 9.26 Å². The lowest BCUT2D eigenvalue weighted by atomic mass is 10.2. The molecule has 0 bridgehead atoms. The Hall–Kier alpha value is -1.57. The summed E-state index contributed by atoms with van der Waals surface area (Å²) < 4.78 is 7.16. The smallest absolute Gasteiger partial charge is 0.235 e. The third-order valence-electron chi connectivity index (χ3n) is 1.89. The third kappa shape index (κ3) is 1.61. The standard InChI is InChI=1S/C11H11NO/c1-2-12-9-8-11(13-12)10-6-4-3-5-7-10/h3-8H,2H2,1H3/q+1. The highest BCUT2D eigenvalue weighted by Gasteiger charge is 2.09. The maximum atomic E-state index is 5.48. The van der Waals surface area contributed by atoms with E-state index in [2.05, 4.69) is 6.20 Å². The van der Waals surface area contributed by atoms with Crippen LogP contribution in [0, 0.1) is 6.20 Å². The van der Waals surface area contributed by atoms with Crippen LogP contribution in [0.15, 0.2) is 40.9 Å². The molecule has 0 saturated heterocycles. The highest BCUT2D eigenvalue weighted by Crippen LogP contribution is 2.16. The summed E-state index contributed by atoms with van der Waals surface area (Å²) in [6.45, 7) is 2.83. The van der Waals surface area contributed by atoms with Gasteiger partial charge in [-0.2, -0.15) is 0 Å². The number of benzene rings is 1. The number of aryl methyl sites for hydroxylation is 1. The van der Waals surface area contributed by atoms with Crippen LogP contribution in [-0.2, 0) is 6.54 Å². The van der Waals surface area contributed by atoms with Crippen molar-refractivity contribution in [1.29, 1.82) is 0 Å². The second-order valence-electron chi connectivity index (χ2n) is 2.79. The summed E-state index contributed by atoms with van der Waals surface area (Å²) in [4.78, 5) is 0. The Morgan fingerprint density at radius 1 is 1.31 bits per heavy atom. The predicted molar refractivity (Wildman–Crippen MR) is 48.8 cm³/mol. The molecule has 0 atom stereocenters. The van der Waals surface area contributed by atoms with Crippen LogP contribution in [0.4, 0.5) is 0 Å². The minimum absolute atomic E-state index is 0.812. The van der Waals surface area contributed by atoms with Crippen LogP contribution in [0.2, 0.25) is 0 Å². The SMILES string of the molecule is CC[n+]1[c]cc(-c2ccccc2)o1. The van der Waals surface area contributed by atoms with Crippen molar-refractivity contribution >= 4 is 0 Å². The summed E-state index contributed by atoms with van der Waals surface area (Å²) in [5, 5.41) is 0. The van der Waals surface area contributed by atoms with Gasteiger partial charge in [-0.15, -0.1) is 0 Å². The minimum Gasteiger partial charge on any atom is -0.235 e. The summed E-state index contributed by atoms with van der Waals surface area (Å²) in [6.07, 6.45) is 3.00. The van der Waals surface area contributed by atoms with E-state index < -0.39 is 0 Å². The fourth-order valence-electron chi connectivity index (χ4n) is 1.20. The Morgan fingerprint density at radius 2 is 2.08 bits per heavy atom. The molecule has 1 aromatic carbocycles. The van der Waals surface area contributed by atoms with Gasteiger partial charge < -0.3 is 0 Å². The van der Waals surface area contributed by atoms with E-state index in [1.165, 1.54) is 0 Å². The molecule has 0 N–H and O–H groups in total. The zero-order valence-corrected chi connectivity index (χ0v) is 7.53. The topological polar surface area (TPSA) is 17.0 Å². The first-order valence-corrected chi connectivity index (χ1v) is 4.37. The highest BCUT2D eigenvalue weighted by atomic mass is 16.5. The van der Waals surface area contributed by atoms with Crippen molar-refractivity contribution in [3.05, 3.63) is 42.6 Å². The zero-order chi connectivity index (χ0) is 9.10. The van der Waals surface area contributed by atoms with Gasteiger partial charge >= 0.3 is 6.20 Å². The first-order valence-electron chi connectivity index (χ1n) is 4.37. The molecule has 0 spiro atoms. The predicted octanol–water partition coefficient (Wildman–Crippen LogP) is 2.05. The number of hydrogen-bond acceptors (Lipinski definition) is 1. The van der Waals surface area contributed by atoms with E-state index in [0.717, 1.165) is 17.9 Å². The molecule has 0 aliphatic carbocycles. The van der Waals surface area contributed by atoms with Gasteiger partial charge in [0.25, 0.3) is 0 Å². The number of hydrogen-bond donors (Lipinski definition) is 0. The maximum Gasteiger partial charge on any atom is 0.330 e. The molecular formula is C11H11NO+. The van der Waals surface area contributed by atoms with E-state index in [9.17, 15) is 0 Å². The third-order valence-corrected chi connectivity index (χ3v) is 1.89.